The fourth-order valence-corrected chi connectivity index (χ4v) is 2.62. The van der Waals surface area contributed by atoms with Crippen LogP contribution in [-0.4, -0.2) is 13.4 Å². The molecule has 0 amide bonds. The molecule has 0 fully saturated rings. The van der Waals surface area contributed by atoms with Crippen LogP contribution in [0, 0.1) is 6.92 Å². The molecule has 0 atom stereocenters. The standard InChI is InChI=1S/C14H17N3O2S/c1-11-2-4-12(5-3-11)9-17-20(18,19)14-7-6-13(8-15)16-10-14/h2-7,10,17H,8-9,15H2,1H3. The first-order chi connectivity index (χ1) is 9.51. The van der Waals surface area contributed by atoms with Crippen LogP contribution in [0.25, 0.3) is 0 Å². The lowest BCUT2D eigenvalue weighted by Crippen LogP contribution is -2.23. The van der Waals surface area contributed by atoms with Crippen LogP contribution < -0.4 is 10.5 Å². The average Bonchev–Trinajstić information content (AvgIpc) is 2.47. The molecule has 0 saturated carbocycles. The predicted molar refractivity (Wildman–Crippen MR) is 77.3 cm³/mol. The van der Waals surface area contributed by atoms with Gasteiger partial charge in [-0.1, -0.05) is 29.8 Å². The molecule has 1 aromatic heterocycles. The molecule has 0 radical (unpaired) electrons. The number of pyridine rings is 1. The first kappa shape index (κ1) is 14.6. The van der Waals surface area contributed by atoms with Gasteiger partial charge in [0.05, 0.1) is 5.69 Å². The Kier molecular flexibility index (Phi) is 4.49. The Morgan fingerprint density at radius 1 is 1.15 bits per heavy atom. The van der Waals surface area contributed by atoms with Gasteiger partial charge in [0, 0.05) is 19.3 Å². The zero-order valence-corrected chi connectivity index (χ0v) is 12.0. The van der Waals surface area contributed by atoms with E-state index in [1.165, 1.54) is 12.3 Å². The third-order valence-corrected chi connectivity index (χ3v) is 4.29. The smallest absolute Gasteiger partial charge is 0.242 e. The maximum Gasteiger partial charge on any atom is 0.242 e. The van der Waals surface area contributed by atoms with Gasteiger partial charge in [0.25, 0.3) is 0 Å². The van der Waals surface area contributed by atoms with Gasteiger partial charge in [0.1, 0.15) is 4.90 Å². The number of nitrogens with one attached hydrogen (secondary N) is 1. The zero-order chi connectivity index (χ0) is 14.6. The van der Waals surface area contributed by atoms with Crippen LogP contribution in [0.3, 0.4) is 0 Å². The van der Waals surface area contributed by atoms with Gasteiger partial charge >= 0.3 is 0 Å². The molecule has 1 aromatic carbocycles. The molecule has 6 heteroatoms. The van der Waals surface area contributed by atoms with Gasteiger partial charge in [-0.3, -0.25) is 4.98 Å². The average molecular weight is 291 g/mol. The predicted octanol–water partition coefficient (Wildman–Crippen LogP) is 1.33. The molecular weight excluding hydrogens is 274 g/mol. The summed E-state index contributed by atoms with van der Waals surface area (Å²) < 4.78 is 26.7. The minimum atomic E-state index is -3.55. The summed E-state index contributed by atoms with van der Waals surface area (Å²) in [4.78, 5) is 4.13. The SMILES string of the molecule is Cc1ccc(CNS(=O)(=O)c2ccc(CN)nc2)cc1. The van der Waals surface area contributed by atoms with Crippen molar-refractivity contribution in [1.29, 1.82) is 0 Å². The minimum absolute atomic E-state index is 0.141. The van der Waals surface area contributed by atoms with Crippen molar-refractivity contribution in [3.8, 4) is 0 Å². The van der Waals surface area contributed by atoms with Gasteiger partial charge in [-0.05, 0) is 24.6 Å². The summed E-state index contributed by atoms with van der Waals surface area (Å²) in [7, 11) is -3.55. The van der Waals surface area contributed by atoms with Crippen molar-refractivity contribution in [2.75, 3.05) is 0 Å². The third kappa shape index (κ3) is 3.63. The molecule has 5 nitrogen and oxygen atoms in total. The number of sulfonamides is 1. The first-order valence-electron chi connectivity index (χ1n) is 6.21. The molecular formula is C14H17N3O2S. The summed E-state index contributed by atoms with van der Waals surface area (Å²) >= 11 is 0. The molecule has 20 heavy (non-hydrogen) atoms. The van der Waals surface area contributed by atoms with E-state index < -0.39 is 10.0 Å². The number of hydrogen-bond acceptors (Lipinski definition) is 4. The first-order valence-corrected chi connectivity index (χ1v) is 7.70. The Bertz CT molecular complexity index is 665. The molecule has 0 aliphatic carbocycles. The van der Waals surface area contributed by atoms with Gasteiger partial charge in [-0.15, -0.1) is 0 Å². The highest BCUT2D eigenvalue weighted by atomic mass is 32.2. The van der Waals surface area contributed by atoms with Crippen molar-refractivity contribution in [3.63, 3.8) is 0 Å². The van der Waals surface area contributed by atoms with Crippen molar-refractivity contribution in [1.82, 2.24) is 9.71 Å². The van der Waals surface area contributed by atoms with E-state index in [0.29, 0.717) is 5.69 Å². The highest BCUT2D eigenvalue weighted by Crippen LogP contribution is 2.09. The summed E-state index contributed by atoms with van der Waals surface area (Å²) in [6, 6.07) is 10.8. The van der Waals surface area contributed by atoms with Gasteiger partial charge in [0.15, 0.2) is 0 Å². The van der Waals surface area contributed by atoms with Crippen LogP contribution in [0.5, 0.6) is 0 Å². The molecule has 106 valence electrons. The van der Waals surface area contributed by atoms with E-state index in [4.69, 9.17) is 5.73 Å². The molecule has 0 saturated heterocycles. The van der Waals surface area contributed by atoms with E-state index >= 15 is 0 Å². The summed E-state index contributed by atoms with van der Waals surface area (Å²) in [6.07, 6.45) is 1.32. The topological polar surface area (TPSA) is 85.1 Å². The molecule has 1 heterocycles. The lowest BCUT2D eigenvalue weighted by molar-refractivity contribution is 0.581. The molecule has 2 aromatic rings. The van der Waals surface area contributed by atoms with Crippen LogP contribution in [0.15, 0.2) is 47.5 Å². The molecule has 0 aliphatic rings. The van der Waals surface area contributed by atoms with E-state index in [2.05, 4.69) is 9.71 Å². The number of benzene rings is 1. The highest BCUT2D eigenvalue weighted by molar-refractivity contribution is 7.89. The van der Waals surface area contributed by atoms with Gasteiger partial charge < -0.3 is 5.73 Å². The van der Waals surface area contributed by atoms with Crippen LogP contribution in [-0.2, 0) is 23.1 Å². The van der Waals surface area contributed by atoms with Crippen molar-refractivity contribution < 1.29 is 8.42 Å². The Morgan fingerprint density at radius 3 is 2.40 bits per heavy atom. The van der Waals surface area contributed by atoms with Crippen LogP contribution in [0.1, 0.15) is 16.8 Å². The van der Waals surface area contributed by atoms with E-state index in [1.807, 2.05) is 31.2 Å². The summed E-state index contributed by atoms with van der Waals surface area (Å²) in [5.74, 6) is 0. The maximum atomic E-state index is 12.1. The molecule has 0 spiro atoms. The van der Waals surface area contributed by atoms with Crippen molar-refractivity contribution >= 4 is 10.0 Å². The number of aryl methyl sites for hydroxylation is 1. The van der Waals surface area contributed by atoms with Crippen LogP contribution in [0.2, 0.25) is 0 Å². The minimum Gasteiger partial charge on any atom is -0.325 e. The summed E-state index contributed by atoms with van der Waals surface area (Å²) in [5, 5.41) is 0. The Morgan fingerprint density at radius 2 is 1.85 bits per heavy atom. The second-order valence-electron chi connectivity index (χ2n) is 4.50. The monoisotopic (exact) mass is 291 g/mol. The summed E-state index contributed by atoms with van der Waals surface area (Å²) in [6.45, 7) is 2.52. The molecule has 3 N–H and O–H groups in total. The largest absolute Gasteiger partial charge is 0.325 e. The fourth-order valence-electron chi connectivity index (χ4n) is 1.66. The number of aromatic nitrogens is 1. The van der Waals surface area contributed by atoms with E-state index in [9.17, 15) is 8.42 Å². The Labute approximate surface area is 118 Å². The molecule has 0 unspecified atom stereocenters. The summed E-state index contributed by atoms with van der Waals surface area (Å²) in [5.41, 5.74) is 8.13. The van der Waals surface area contributed by atoms with Gasteiger partial charge in [-0.2, -0.15) is 0 Å². The molecule has 0 aliphatic heterocycles. The molecule has 0 bridgehead atoms. The van der Waals surface area contributed by atoms with Crippen molar-refractivity contribution in [2.45, 2.75) is 24.9 Å². The zero-order valence-electron chi connectivity index (χ0n) is 11.2. The fraction of sp³-hybridized carbons (Fsp3) is 0.214. The number of rotatable bonds is 5. The quantitative estimate of drug-likeness (QED) is 0.870. The second-order valence-corrected chi connectivity index (χ2v) is 6.27. The van der Waals surface area contributed by atoms with Gasteiger partial charge in [-0.25, -0.2) is 13.1 Å². The second kappa shape index (κ2) is 6.13. The van der Waals surface area contributed by atoms with E-state index in [0.717, 1.165) is 11.1 Å². The van der Waals surface area contributed by atoms with E-state index in [-0.39, 0.29) is 18.0 Å². The normalized spacial score (nSPS) is 11.5. The van der Waals surface area contributed by atoms with Crippen molar-refractivity contribution in [2.24, 2.45) is 5.73 Å². The number of nitrogens with two attached hydrogens (primary N) is 1. The third-order valence-electron chi connectivity index (χ3n) is 2.90. The molecule has 2 rings (SSSR count). The van der Waals surface area contributed by atoms with Crippen LogP contribution in [0.4, 0.5) is 0 Å². The van der Waals surface area contributed by atoms with E-state index in [1.54, 1.807) is 6.07 Å². The maximum absolute atomic E-state index is 12.1. The van der Waals surface area contributed by atoms with Crippen LogP contribution >= 0.6 is 0 Å². The van der Waals surface area contributed by atoms with Crippen molar-refractivity contribution in [3.05, 3.63) is 59.4 Å². The lowest BCUT2D eigenvalue weighted by atomic mass is 10.2. The Hall–Kier alpha value is -1.76. The number of nitrogens with zero attached hydrogens (tertiary/aromatic N) is 1. The lowest BCUT2D eigenvalue weighted by Gasteiger charge is -2.07. The Balaban J connectivity index is 2.08. The highest BCUT2D eigenvalue weighted by Gasteiger charge is 2.13. The van der Waals surface area contributed by atoms with Gasteiger partial charge in [0.2, 0.25) is 10.0 Å². The number of hydrogen-bond donors (Lipinski definition) is 2.